The molecule has 31 heavy (non-hydrogen) atoms. The molecule has 0 aliphatic heterocycles. The van der Waals surface area contributed by atoms with Crippen molar-refractivity contribution >= 4 is 55.3 Å². The van der Waals surface area contributed by atoms with Crippen LogP contribution >= 0.6 is 34.5 Å². The Balaban J connectivity index is 1.87. The van der Waals surface area contributed by atoms with Crippen molar-refractivity contribution in [3.05, 3.63) is 80.3 Å². The zero-order valence-electron chi connectivity index (χ0n) is 17.1. The van der Waals surface area contributed by atoms with E-state index in [1.54, 1.807) is 6.92 Å². The van der Waals surface area contributed by atoms with E-state index in [-0.39, 0.29) is 5.69 Å². The molecule has 0 atom stereocenters. The minimum atomic E-state index is -3.43. The van der Waals surface area contributed by atoms with Gasteiger partial charge in [-0.3, -0.25) is 4.79 Å². The molecule has 2 aromatic carbocycles. The number of sulfone groups is 1. The van der Waals surface area contributed by atoms with Crippen LogP contribution in [0.15, 0.2) is 48.5 Å². The van der Waals surface area contributed by atoms with Crippen LogP contribution in [0.4, 0.5) is 5.13 Å². The lowest BCUT2D eigenvalue weighted by atomic mass is 10.1. The Bertz CT molecular complexity index is 1180. The fourth-order valence-corrected chi connectivity index (χ4v) is 5.00. The molecule has 164 valence electrons. The highest BCUT2D eigenvalue weighted by atomic mass is 35.5. The number of aryl methyl sites for hydroxylation is 1. The molecule has 0 aliphatic rings. The highest BCUT2D eigenvalue weighted by Crippen LogP contribution is 2.28. The fraction of sp³-hybridized carbons (Fsp3) is 0.273. The Morgan fingerprint density at radius 1 is 1.06 bits per heavy atom. The van der Waals surface area contributed by atoms with E-state index in [1.165, 1.54) is 11.3 Å². The number of ketones is 1. The fourth-order valence-electron chi connectivity index (χ4n) is 3.10. The predicted octanol–water partition coefficient (Wildman–Crippen LogP) is 5.23. The van der Waals surface area contributed by atoms with Crippen molar-refractivity contribution < 1.29 is 13.2 Å². The molecular formula is C22H22Cl2N2O3S2. The van der Waals surface area contributed by atoms with Crippen LogP contribution in [0.2, 0.25) is 10.0 Å². The third-order valence-electron chi connectivity index (χ3n) is 4.56. The number of carbonyl (C=O) groups is 1. The minimum Gasteiger partial charge on any atom is -0.343 e. The lowest BCUT2D eigenvalue weighted by Gasteiger charge is -2.22. The summed E-state index contributed by atoms with van der Waals surface area (Å²) in [6, 6.07) is 15.3. The van der Waals surface area contributed by atoms with Crippen molar-refractivity contribution in [1.29, 1.82) is 0 Å². The third-order valence-corrected chi connectivity index (χ3v) is 6.86. The maximum Gasteiger partial charge on any atom is 0.197 e. The van der Waals surface area contributed by atoms with E-state index in [2.05, 4.69) is 9.88 Å². The van der Waals surface area contributed by atoms with Gasteiger partial charge in [0.05, 0.1) is 0 Å². The molecule has 5 nitrogen and oxygen atoms in total. The molecule has 0 spiro atoms. The van der Waals surface area contributed by atoms with Gasteiger partial charge in [0.1, 0.15) is 11.4 Å². The lowest BCUT2D eigenvalue weighted by molar-refractivity contribution is 0.101. The highest BCUT2D eigenvalue weighted by Gasteiger charge is 2.22. The van der Waals surface area contributed by atoms with Crippen LogP contribution in [0, 0.1) is 6.92 Å². The topological polar surface area (TPSA) is 67.3 Å². The molecule has 1 aromatic heterocycles. The first kappa shape index (κ1) is 23.7. The third kappa shape index (κ3) is 7.04. The first-order chi connectivity index (χ1) is 14.6. The van der Waals surface area contributed by atoms with Crippen LogP contribution in [0.3, 0.4) is 0 Å². The second-order valence-electron chi connectivity index (χ2n) is 7.32. The van der Waals surface area contributed by atoms with Gasteiger partial charge in [0, 0.05) is 34.3 Å². The van der Waals surface area contributed by atoms with Gasteiger partial charge in [-0.15, -0.1) is 11.3 Å². The van der Waals surface area contributed by atoms with Gasteiger partial charge in [0.25, 0.3) is 0 Å². The van der Waals surface area contributed by atoms with Gasteiger partial charge < -0.3 is 4.90 Å². The second-order valence-corrected chi connectivity index (χ2v) is 11.5. The smallest absolute Gasteiger partial charge is 0.197 e. The van der Waals surface area contributed by atoms with E-state index in [4.69, 9.17) is 23.2 Å². The number of benzene rings is 2. The molecule has 0 saturated heterocycles. The van der Waals surface area contributed by atoms with E-state index >= 15 is 0 Å². The number of hydrogen-bond donors (Lipinski definition) is 0. The SMILES string of the molecule is Cc1sc(N(CCc2ccc(Cl)cc2)Cc2cccc(Cl)c2)nc1C(=O)CS(C)(=O)=O. The number of carbonyl (C=O) groups excluding carboxylic acids is 1. The van der Waals surface area contributed by atoms with E-state index in [1.807, 2.05) is 48.5 Å². The Labute approximate surface area is 196 Å². The van der Waals surface area contributed by atoms with Gasteiger partial charge >= 0.3 is 0 Å². The van der Waals surface area contributed by atoms with Gasteiger partial charge in [-0.05, 0) is 48.7 Å². The van der Waals surface area contributed by atoms with Gasteiger partial charge in [-0.1, -0.05) is 47.5 Å². The Morgan fingerprint density at radius 2 is 1.77 bits per heavy atom. The molecule has 3 aromatic rings. The number of rotatable bonds is 9. The highest BCUT2D eigenvalue weighted by molar-refractivity contribution is 7.91. The molecule has 9 heteroatoms. The standard InChI is InChI=1S/C22H22Cl2N2O3S2/c1-15-21(20(27)14-31(2,28)29)25-22(30-15)26(13-17-4-3-5-19(24)12-17)11-10-16-6-8-18(23)9-7-16/h3-9,12H,10-11,13-14H2,1-2H3. The van der Waals surface area contributed by atoms with Gasteiger partial charge in [0.2, 0.25) is 0 Å². The molecule has 0 N–H and O–H groups in total. The zero-order valence-corrected chi connectivity index (χ0v) is 20.3. The summed E-state index contributed by atoms with van der Waals surface area (Å²) >= 11 is 13.5. The van der Waals surface area contributed by atoms with E-state index < -0.39 is 21.4 Å². The normalized spacial score (nSPS) is 11.5. The number of Topliss-reactive ketones (excluding diaryl/α,β-unsaturated/α-hetero) is 1. The Morgan fingerprint density at radius 3 is 2.42 bits per heavy atom. The van der Waals surface area contributed by atoms with Crippen LogP contribution in [0.5, 0.6) is 0 Å². The van der Waals surface area contributed by atoms with Crippen molar-refractivity contribution in [2.24, 2.45) is 0 Å². The van der Waals surface area contributed by atoms with E-state index in [9.17, 15) is 13.2 Å². The Hall–Kier alpha value is -1.93. The van der Waals surface area contributed by atoms with Crippen LogP contribution in [0.1, 0.15) is 26.5 Å². The molecular weight excluding hydrogens is 475 g/mol. The maximum absolute atomic E-state index is 12.4. The van der Waals surface area contributed by atoms with Crippen molar-refractivity contribution in [3.8, 4) is 0 Å². The average Bonchev–Trinajstić information content (AvgIpc) is 3.07. The average molecular weight is 497 g/mol. The van der Waals surface area contributed by atoms with Gasteiger partial charge in [-0.25, -0.2) is 13.4 Å². The van der Waals surface area contributed by atoms with Crippen molar-refractivity contribution in [3.63, 3.8) is 0 Å². The summed E-state index contributed by atoms with van der Waals surface area (Å²) in [4.78, 5) is 19.7. The molecule has 0 aliphatic carbocycles. The first-order valence-corrected chi connectivity index (χ1v) is 13.2. The van der Waals surface area contributed by atoms with Crippen molar-refractivity contribution in [2.75, 3.05) is 23.5 Å². The minimum absolute atomic E-state index is 0.216. The summed E-state index contributed by atoms with van der Waals surface area (Å²) in [7, 11) is -3.43. The number of thiazole rings is 1. The molecule has 0 bridgehead atoms. The quantitative estimate of drug-likeness (QED) is 0.379. The van der Waals surface area contributed by atoms with Gasteiger partial charge in [-0.2, -0.15) is 0 Å². The number of hydrogen-bond acceptors (Lipinski definition) is 6. The predicted molar refractivity (Wildman–Crippen MR) is 129 cm³/mol. The molecule has 0 fully saturated rings. The molecule has 0 radical (unpaired) electrons. The molecule has 0 amide bonds. The molecule has 0 unspecified atom stereocenters. The second kappa shape index (κ2) is 10.1. The lowest BCUT2D eigenvalue weighted by Crippen LogP contribution is -2.25. The van der Waals surface area contributed by atoms with Crippen LogP contribution in [-0.4, -0.2) is 37.7 Å². The summed E-state index contributed by atoms with van der Waals surface area (Å²) in [5, 5.41) is 2.00. The number of anilines is 1. The van der Waals surface area contributed by atoms with Crippen molar-refractivity contribution in [2.45, 2.75) is 19.9 Å². The van der Waals surface area contributed by atoms with E-state index in [0.717, 1.165) is 23.8 Å². The number of aromatic nitrogens is 1. The first-order valence-electron chi connectivity index (χ1n) is 9.53. The zero-order chi connectivity index (χ0) is 22.6. The maximum atomic E-state index is 12.4. The summed E-state index contributed by atoms with van der Waals surface area (Å²) in [6.07, 6.45) is 1.80. The Kier molecular flexibility index (Phi) is 7.75. The molecule has 3 rings (SSSR count). The number of nitrogens with zero attached hydrogens (tertiary/aromatic N) is 2. The van der Waals surface area contributed by atoms with Crippen LogP contribution in [-0.2, 0) is 22.8 Å². The largest absolute Gasteiger partial charge is 0.343 e. The summed E-state index contributed by atoms with van der Waals surface area (Å²) in [6.45, 7) is 3.00. The van der Waals surface area contributed by atoms with Crippen LogP contribution < -0.4 is 4.90 Å². The molecule has 1 heterocycles. The van der Waals surface area contributed by atoms with Crippen molar-refractivity contribution in [1.82, 2.24) is 4.98 Å². The summed E-state index contributed by atoms with van der Waals surface area (Å²) < 4.78 is 23.1. The summed E-state index contributed by atoms with van der Waals surface area (Å²) in [5.41, 5.74) is 2.36. The monoisotopic (exact) mass is 496 g/mol. The van der Waals surface area contributed by atoms with E-state index in [0.29, 0.717) is 33.1 Å². The van der Waals surface area contributed by atoms with Crippen LogP contribution in [0.25, 0.3) is 0 Å². The number of halogens is 2. The molecule has 0 saturated carbocycles. The summed E-state index contributed by atoms with van der Waals surface area (Å²) in [5.74, 6) is -1.03. The van der Waals surface area contributed by atoms with Gasteiger partial charge in [0.15, 0.2) is 20.8 Å².